The van der Waals surface area contributed by atoms with Crippen LogP contribution >= 0.6 is 11.8 Å². The van der Waals surface area contributed by atoms with Crippen LogP contribution in [-0.2, 0) is 14.3 Å². The zero-order valence-electron chi connectivity index (χ0n) is 11.4. The van der Waals surface area contributed by atoms with Crippen molar-refractivity contribution >= 4 is 23.5 Å². The quantitative estimate of drug-likeness (QED) is 0.613. The molecule has 2 heterocycles. The van der Waals surface area contributed by atoms with Gasteiger partial charge in [-0.05, 0) is 25.6 Å². The molecule has 1 aromatic carbocycles. The summed E-state index contributed by atoms with van der Waals surface area (Å²) in [7, 11) is 2.01. The first-order valence-corrected chi connectivity index (χ1v) is 7.61. The van der Waals surface area contributed by atoms with Gasteiger partial charge in [-0.1, -0.05) is 30.0 Å². The number of benzene rings is 1. The number of likely N-dealkylation sites (tertiary alicyclic amines) is 1. The van der Waals surface area contributed by atoms with E-state index in [0.717, 1.165) is 18.0 Å². The van der Waals surface area contributed by atoms with E-state index in [1.54, 1.807) is 0 Å². The van der Waals surface area contributed by atoms with E-state index in [9.17, 15) is 9.59 Å². The van der Waals surface area contributed by atoms with Crippen LogP contribution in [0.1, 0.15) is 12.8 Å². The monoisotopic (exact) mass is 291 g/mol. The number of carbonyl (C=O) groups is 2. The molecule has 1 aromatic rings. The Labute approximate surface area is 122 Å². The standard InChI is InChI=1S/C15H17NO3S/c1-16-9-7-12-13(17)15(8-10-16,14(18)19-12)20-11-5-3-2-4-6-11/h2-6,12H,7-10H2,1H3/t12-,15-/m1/s1. The maximum atomic E-state index is 12.6. The van der Waals surface area contributed by atoms with E-state index in [2.05, 4.69) is 4.90 Å². The van der Waals surface area contributed by atoms with Crippen LogP contribution in [0.15, 0.2) is 35.2 Å². The number of esters is 1. The lowest BCUT2D eigenvalue weighted by atomic mass is 9.95. The van der Waals surface area contributed by atoms with Crippen molar-refractivity contribution < 1.29 is 14.3 Å². The summed E-state index contributed by atoms with van der Waals surface area (Å²) in [5, 5.41) is 0. The van der Waals surface area contributed by atoms with Gasteiger partial charge in [-0.2, -0.15) is 0 Å². The third kappa shape index (κ3) is 2.25. The number of hydrogen-bond donors (Lipinski definition) is 0. The number of thioether (sulfide) groups is 1. The summed E-state index contributed by atoms with van der Waals surface area (Å²) in [4.78, 5) is 28.0. The van der Waals surface area contributed by atoms with E-state index < -0.39 is 10.9 Å². The number of fused-ring (bicyclic) bond motifs is 2. The fourth-order valence-corrected chi connectivity index (χ4v) is 3.94. The van der Waals surface area contributed by atoms with E-state index in [4.69, 9.17) is 4.74 Å². The Kier molecular flexibility index (Phi) is 3.56. The number of carbonyl (C=O) groups excluding carboxylic acids is 2. The van der Waals surface area contributed by atoms with Gasteiger partial charge in [0.2, 0.25) is 5.78 Å². The van der Waals surface area contributed by atoms with Gasteiger partial charge in [-0.15, -0.1) is 0 Å². The summed E-state index contributed by atoms with van der Waals surface area (Å²) in [6.07, 6.45) is 0.538. The van der Waals surface area contributed by atoms with Crippen LogP contribution in [0.5, 0.6) is 0 Å². The van der Waals surface area contributed by atoms with Crippen LogP contribution in [0.2, 0.25) is 0 Å². The zero-order chi connectivity index (χ0) is 14.2. The summed E-state index contributed by atoms with van der Waals surface area (Å²) in [5.41, 5.74) is 0. The van der Waals surface area contributed by atoms with E-state index in [1.807, 2.05) is 37.4 Å². The van der Waals surface area contributed by atoms with Crippen molar-refractivity contribution in [2.45, 2.75) is 28.6 Å². The van der Waals surface area contributed by atoms with Gasteiger partial charge in [0.1, 0.15) is 0 Å². The first-order valence-electron chi connectivity index (χ1n) is 6.80. The molecule has 0 saturated carbocycles. The Morgan fingerprint density at radius 1 is 1.25 bits per heavy atom. The molecule has 0 spiro atoms. The normalized spacial score (nSPS) is 30.8. The highest BCUT2D eigenvalue weighted by molar-refractivity contribution is 8.02. The number of nitrogens with zero attached hydrogens (tertiary/aromatic N) is 1. The molecular formula is C15H17NO3S. The van der Waals surface area contributed by atoms with Gasteiger partial charge in [0.25, 0.3) is 0 Å². The third-order valence-corrected chi connectivity index (χ3v) is 5.35. The van der Waals surface area contributed by atoms with Crippen LogP contribution in [0.3, 0.4) is 0 Å². The molecule has 2 aliphatic heterocycles. The molecule has 2 bridgehead atoms. The molecule has 0 radical (unpaired) electrons. The van der Waals surface area contributed by atoms with Crippen LogP contribution in [0.25, 0.3) is 0 Å². The van der Waals surface area contributed by atoms with Crippen molar-refractivity contribution in [1.82, 2.24) is 4.90 Å². The fraction of sp³-hybridized carbons (Fsp3) is 0.467. The van der Waals surface area contributed by atoms with Crippen molar-refractivity contribution in [3.8, 4) is 0 Å². The van der Waals surface area contributed by atoms with Crippen LogP contribution in [0.4, 0.5) is 0 Å². The molecule has 0 aliphatic carbocycles. The van der Waals surface area contributed by atoms with Crippen LogP contribution in [-0.4, -0.2) is 47.6 Å². The summed E-state index contributed by atoms with van der Waals surface area (Å²) in [5.74, 6) is -0.416. The minimum Gasteiger partial charge on any atom is -0.453 e. The molecule has 5 heteroatoms. The number of hydrogen-bond acceptors (Lipinski definition) is 5. The number of ketones is 1. The molecular weight excluding hydrogens is 274 g/mol. The Balaban J connectivity index is 1.94. The fourth-order valence-electron chi connectivity index (χ4n) is 2.68. The largest absolute Gasteiger partial charge is 0.453 e. The molecule has 106 valence electrons. The minimum absolute atomic E-state index is 0.0514. The summed E-state index contributed by atoms with van der Waals surface area (Å²) >= 11 is 1.34. The Hall–Kier alpha value is -1.33. The van der Waals surface area contributed by atoms with Gasteiger partial charge in [0.15, 0.2) is 10.9 Å². The van der Waals surface area contributed by atoms with E-state index in [1.165, 1.54) is 11.8 Å². The second-order valence-electron chi connectivity index (χ2n) is 5.34. The molecule has 0 unspecified atom stereocenters. The van der Waals surface area contributed by atoms with E-state index in [0.29, 0.717) is 12.8 Å². The second-order valence-corrected chi connectivity index (χ2v) is 6.71. The summed E-state index contributed by atoms with van der Waals surface area (Å²) in [6.45, 7) is 1.52. The number of Topliss-reactive ketones (excluding diaryl/α,β-unsaturated/α-hetero) is 1. The molecule has 0 amide bonds. The first-order chi connectivity index (χ1) is 9.62. The van der Waals surface area contributed by atoms with Crippen LogP contribution in [0, 0.1) is 0 Å². The molecule has 4 nitrogen and oxygen atoms in total. The lowest BCUT2D eigenvalue weighted by molar-refractivity contribution is -0.143. The van der Waals surface area contributed by atoms with Gasteiger partial charge in [0.05, 0.1) is 0 Å². The number of rotatable bonds is 2. The third-order valence-electron chi connectivity index (χ3n) is 3.92. The molecule has 20 heavy (non-hydrogen) atoms. The summed E-state index contributed by atoms with van der Waals surface area (Å²) < 4.78 is 4.29. The van der Waals surface area contributed by atoms with Gasteiger partial charge in [0, 0.05) is 24.4 Å². The van der Waals surface area contributed by atoms with Crippen molar-refractivity contribution in [2.24, 2.45) is 0 Å². The first kappa shape index (κ1) is 13.6. The molecule has 0 aromatic heterocycles. The van der Waals surface area contributed by atoms with Crippen LogP contribution < -0.4 is 0 Å². The lowest BCUT2D eigenvalue weighted by Crippen LogP contribution is -2.44. The SMILES string of the molecule is CN1CC[C@H]2OC(=O)[C@@](Sc3ccccc3)(CC1)C2=O. The lowest BCUT2D eigenvalue weighted by Gasteiger charge is -2.28. The van der Waals surface area contributed by atoms with E-state index in [-0.39, 0.29) is 11.8 Å². The predicted octanol–water partition coefficient (Wildman–Crippen LogP) is 1.74. The Morgan fingerprint density at radius 3 is 2.75 bits per heavy atom. The van der Waals surface area contributed by atoms with Gasteiger partial charge in [-0.3, -0.25) is 9.59 Å². The molecule has 2 saturated heterocycles. The predicted molar refractivity (Wildman–Crippen MR) is 76.6 cm³/mol. The number of ether oxygens (including phenoxy) is 1. The van der Waals surface area contributed by atoms with Gasteiger partial charge in [-0.25, -0.2) is 0 Å². The maximum Gasteiger partial charge on any atom is 0.331 e. The smallest absolute Gasteiger partial charge is 0.331 e. The van der Waals surface area contributed by atoms with Crippen molar-refractivity contribution in [3.63, 3.8) is 0 Å². The highest BCUT2D eigenvalue weighted by Crippen LogP contribution is 2.44. The van der Waals surface area contributed by atoms with E-state index >= 15 is 0 Å². The van der Waals surface area contributed by atoms with Crippen molar-refractivity contribution in [3.05, 3.63) is 30.3 Å². The maximum absolute atomic E-state index is 12.6. The van der Waals surface area contributed by atoms with Gasteiger partial charge < -0.3 is 9.64 Å². The Morgan fingerprint density at radius 2 is 2.00 bits per heavy atom. The minimum atomic E-state index is -1.05. The average molecular weight is 291 g/mol. The second kappa shape index (κ2) is 5.22. The summed E-state index contributed by atoms with van der Waals surface area (Å²) in [6, 6.07) is 9.60. The molecule has 3 rings (SSSR count). The topological polar surface area (TPSA) is 46.6 Å². The molecule has 0 N–H and O–H groups in total. The van der Waals surface area contributed by atoms with Gasteiger partial charge >= 0.3 is 5.97 Å². The average Bonchev–Trinajstić information content (AvgIpc) is 2.71. The van der Waals surface area contributed by atoms with Crippen molar-refractivity contribution in [2.75, 3.05) is 20.1 Å². The zero-order valence-corrected chi connectivity index (χ0v) is 12.2. The molecule has 2 aliphatic rings. The molecule has 2 atom stereocenters. The van der Waals surface area contributed by atoms with Crippen molar-refractivity contribution in [1.29, 1.82) is 0 Å². The highest BCUT2D eigenvalue weighted by atomic mass is 32.2. The highest BCUT2D eigenvalue weighted by Gasteiger charge is 2.58. The molecule has 2 fully saturated rings. The Bertz CT molecular complexity index is 533.